The van der Waals surface area contributed by atoms with Crippen molar-refractivity contribution in [1.29, 1.82) is 0 Å². The first kappa shape index (κ1) is 20.4. The summed E-state index contributed by atoms with van der Waals surface area (Å²) < 4.78 is 40.6. The highest BCUT2D eigenvalue weighted by atomic mass is 32.2. The lowest BCUT2D eigenvalue weighted by molar-refractivity contribution is 0.0934. The number of benzene rings is 2. The number of thioether (sulfide) groups is 1. The molecule has 8 heteroatoms. The Bertz CT molecular complexity index is 1000. The van der Waals surface area contributed by atoms with Crippen molar-refractivity contribution in [3.8, 4) is 0 Å². The molecule has 2 heterocycles. The third kappa shape index (κ3) is 4.34. The summed E-state index contributed by atoms with van der Waals surface area (Å²) in [4.78, 5) is 13.9. The molecule has 1 N–H and O–H groups in total. The second-order valence-corrected chi connectivity index (χ2v) is 10.4. The van der Waals surface area contributed by atoms with Gasteiger partial charge < -0.3 is 5.32 Å². The van der Waals surface area contributed by atoms with Crippen LogP contribution in [0.3, 0.4) is 0 Å². The van der Waals surface area contributed by atoms with E-state index < -0.39 is 10.0 Å². The number of fused-ring (bicyclic) bond motifs is 1. The van der Waals surface area contributed by atoms with Gasteiger partial charge in [-0.2, -0.15) is 4.31 Å². The second-order valence-electron chi connectivity index (χ2n) is 7.33. The van der Waals surface area contributed by atoms with E-state index in [-0.39, 0.29) is 22.7 Å². The van der Waals surface area contributed by atoms with Crippen LogP contribution in [0, 0.1) is 5.82 Å². The predicted molar refractivity (Wildman–Crippen MR) is 111 cm³/mol. The monoisotopic (exact) mass is 434 g/mol. The van der Waals surface area contributed by atoms with Crippen LogP contribution < -0.4 is 5.32 Å². The molecule has 1 saturated heterocycles. The maximum atomic E-state index is 13.7. The number of carbonyl (C=O) groups excluding carboxylic acids is 1. The summed E-state index contributed by atoms with van der Waals surface area (Å²) in [6.07, 6.45) is 3.52. The van der Waals surface area contributed by atoms with E-state index in [1.165, 1.54) is 40.7 Å². The molecule has 0 bridgehead atoms. The SMILES string of the molecule is O=C(NC1CCSc2ccc(F)cc21)c1ccc(S(=O)(=O)N2CCCCC2)cc1. The first-order valence-corrected chi connectivity index (χ1v) is 12.2. The van der Waals surface area contributed by atoms with Crippen molar-refractivity contribution in [3.05, 3.63) is 59.4 Å². The molecule has 1 amide bonds. The van der Waals surface area contributed by atoms with Crippen LogP contribution >= 0.6 is 11.8 Å². The lowest BCUT2D eigenvalue weighted by Gasteiger charge is -2.26. The zero-order chi connectivity index (χ0) is 20.4. The summed E-state index contributed by atoms with van der Waals surface area (Å²) in [5.74, 6) is 0.230. The maximum absolute atomic E-state index is 13.7. The highest BCUT2D eigenvalue weighted by molar-refractivity contribution is 7.99. The molecule has 4 rings (SSSR count). The van der Waals surface area contributed by atoms with Crippen molar-refractivity contribution in [3.63, 3.8) is 0 Å². The smallest absolute Gasteiger partial charge is 0.251 e. The molecular weight excluding hydrogens is 411 g/mol. The summed E-state index contributed by atoms with van der Waals surface area (Å²) in [6, 6.07) is 10.4. The molecule has 1 atom stereocenters. The van der Waals surface area contributed by atoms with Crippen LogP contribution in [-0.2, 0) is 10.0 Å². The average Bonchev–Trinajstić information content (AvgIpc) is 2.75. The van der Waals surface area contributed by atoms with Crippen molar-refractivity contribution in [2.45, 2.75) is 41.5 Å². The number of hydrogen-bond acceptors (Lipinski definition) is 4. The Hall–Kier alpha value is -1.90. The second kappa shape index (κ2) is 8.45. The van der Waals surface area contributed by atoms with Crippen molar-refractivity contribution >= 4 is 27.7 Å². The highest BCUT2D eigenvalue weighted by Gasteiger charge is 2.27. The van der Waals surface area contributed by atoms with Crippen molar-refractivity contribution in [2.75, 3.05) is 18.8 Å². The summed E-state index contributed by atoms with van der Waals surface area (Å²) >= 11 is 1.65. The van der Waals surface area contributed by atoms with Crippen LogP contribution in [-0.4, -0.2) is 37.5 Å². The Labute approximate surface area is 174 Å². The first-order valence-electron chi connectivity index (χ1n) is 9.78. The van der Waals surface area contributed by atoms with Crippen LogP contribution in [0.15, 0.2) is 52.3 Å². The molecule has 1 unspecified atom stereocenters. The van der Waals surface area contributed by atoms with Gasteiger partial charge in [0.25, 0.3) is 5.91 Å². The van der Waals surface area contributed by atoms with Crippen LogP contribution in [0.25, 0.3) is 0 Å². The lowest BCUT2D eigenvalue weighted by atomic mass is 10.0. The number of carbonyl (C=O) groups is 1. The molecule has 29 heavy (non-hydrogen) atoms. The Morgan fingerprint density at radius 1 is 1.07 bits per heavy atom. The van der Waals surface area contributed by atoms with E-state index in [1.54, 1.807) is 17.8 Å². The topological polar surface area (TPSA) is 66.5 Å². The van der Waals surface area contributed by atoms with Gasteiger partial charge >= 0.3 is 0 Å². The average molecular weight is 435 g/mol. The fourth-order valence-electron chi connectivity index (χ4n) is 3.79. The number of piperidine rings is 1. The summed E-state index contributed by atoms with van der Waals surface area (Å²) in [7, 11) is -3.52. The van der Waals surface area contributed by atoms with Gasteiger partial charge in [0.15, 0.2) is 0 Å². The van der Waals surface area contributed by atoms with Gasteiger partial charge in [0.2, 0.25) is 10.0 Å². The third-order valence-electron chi connectivity index (χ3n) is 5.39. The minimum absolute atomic E-state index is 0.206. The van der Waals surface area contributed by atoms with Crippen LogP contribution in [0.2, 0.25) is 0 Å². The van der Waals surface area contributed by atoms with E-state index in [4.69, 9.17) is 0 Å². The summed E-state index contributed by atoms with van der Waals surface area (Å²) in [5, 5.41) is 2.96. The van der Waals surface area contributed by atoms with E-state index in [2.05, 4.69) is 5.32 Å². The summed E-state index contributed by atoms with van der Waals surface area (Å²) in [6.45, 7) is 1.08. The van der Waals surface area contributed by atoms with E-state index in [0.717, 1.165) is 35.5 Å². The van der Waals surface area contributed by atoms with Crippen molar-refractivity contribution in [2.24, 2.45) is 0 Å². The number of nitrogens with one attached hydrogen (secondary N) is 1. The van der Waals surface area contributed by atoms with Gasteiger partial charge in [-0.1, -0.05) is 6.42 Å². The predicted octanol–water partition coefficient (Wildman–Crippen LogP) is 3.97. The number of amides is 1. The fourth-order valence-corrected chi connectivity index (χ4v) is 6.41. The van der Waals surface area contributed by atoms with Gasteiger partial charge in [-0.15, -0.1) is 11.8 Å². The van der Waals surface area contributed by atoms with E-state index in [0.29, 0.717) is 25.1 Å². The fraction of sp³-hybridized carbons (Fsp3) is 0.381. The molecule has 5 nitrogen and oxygen atoms in total. The molecule has 2 aromatic carbocycles. The maximum Gasteiger partial charge on any atom is 0.251 e. The first-order chi connectivity index (χ1) is 13.9. The minimum Gasteiger partial charge on any atom is -0.345 e. The van der Waals surface area contributed by atoms with Gasteiger partial charge in [0.05, 0.1) is 10.9 Å². The molecule has 2 aliphatic rings. The van der Waals surface area contributed by atoms with Gasteiger partial charge in [0.1, 0.15) is 5.82 Å². The zero-order valence-corrected chi connectivity index (χ0v) is 17.6. The Balaban J connectivity index is 1.49. The van der Waals surface area contributed by atoms with Gasteiger partial charge in [-0.3, -0.25) is 4.79 Å². The molecule has 0 spiro atoms. The van der Waals surface area contributed by atoms with Crippen LogP contribution in [0.5, 0.6) is 0 Å². The van der Waals surface area contributed by atoms with Gasteiger partial charge in [-0.25, -0.2) is 12.8 Å². The molecule has 2 aromatic rings. The standard InChI is InChI=1S/C21H23FN2O3S2/c22-16-6-9-20-18(14-16)19(10-13-28-20)23-21(25)15-4-7-17(8-5-15)29(26,27)24-11-2-1-3-12-24/h4-9,14,19H,1-3,10-13H2,(H,23,25). The van der Waals surface area contributed by atoms with Crippen LogP contribution in [0.1, 0.15) is 47.6 Å². The van der Waals surface area contributed by atoms with Gasteiger partial charge in [-0.05, 0) is 67.3 Å². The Kier molecular flexibility index (Phi) is 5.94. The number of rotatable bonds is 4. The highest BCUT2D eigenvalue weighted by Crippen LogP contribution is 2.36. The molecule has 1 fully saturated rings. The number of sulfonamides is 1. The third-order valence-corrected chi connectivity index (χ3v) is 8.42. The molecule has 0 aliphatic carbocycles. The molecule has 2 aliphatic heterocycles. The molecule has 0 saturated carbocycles. The van der Waals surface area contributed by atoms with E-state index in [1.807, 2.05) is 0 Å². The van der Waals surface area contributed by atoms with E-state index >= 15 is 0 Å². The normalized spacial score (nSPS) is 20.1. The quantitative estimate of drug-likeness (QED) is 0.791. The lowest BCUT2D eigenvalue weighted by Crippen LogP contribution is -2.35. The minimum atomic E-state index is -3.52. The zero-order valence-electron chi connectivity index (χ0n) is 15.9. The molecule has 154 valence electrons. The van der Waals surface area contributed by atoms with Crippen molar-refractivity contribution in [1.82, 2.24) is 9.62 Å². The summed E-state index contributed by atoms with van der Waals surface area (Å²) in [5.41, 5.74) is 1.18. The largest absolute Gasteiger partial charge is 0.345 e. The molecule has 0 radical (unpaired) electrons. The van der Waals surface area contributed by atoms with E-state index in [9.17, 15) is 17.6 Å². The molecule has 0 aromatic heterocycles. The van der Waals surface area contributed by atoms with Crippen LogP contribution in [0.4, 0.5) is 4.39 Å². The number of halogens is 1. The Morgan fingerprint density at radius 2 is 1.79 bits per heavy atom. The molecular formula is C21H23FN2O3S2. The van der Waals surface area contributed by atoms with Crippen molar-refractivity contribution < 1.29 is 17.6 Å². The number of nitrogens with zero attached hydrogens (tertiary/aromatic N) is 1. The number of hydrogen-bond donors (Lipinski definition) is 1. The van der Waals surface area contributed by atoms with Gasteiger partial charge in [0, 0.05) is 29.3 Å². The Morgan fingerprint density at radius 3 is 2.52 bits per heavy atom.